The molecular formula is C20H10BrF8IN2O2S. The molecular weight excluding hydrogens is 691 g/mol. The van der Waals surface area contributed by atoms with Crippen molar-refractivity contribution in [2.24, 2.45) is 0 Å². The molecule has 0 spiro atoms. The van der Waals surface area contributed by atoms with Crippen LogP contribution in [0.15, 0.2) is 53.6 Å². The number of pyridine rings is 1. The Bertz CT molecular complexity index is 1270. The van der Waals surface area contributed by atoms with E-state index < -0.39 is 48.1 Å². The summed E-state index contributed by atoms with van der Waals surface area (Å²) in [7, 11) is 0. The molecule has 0 bridgehead atoms. The second kappa shape index (κ2) is 9.88. The quantitative estimate of drug-likeness (QED) is 0.0731. The van der Waals surface area contributed by atoms with Crippen LogP contribution in [0.1, 0.15) is 15.9 Å². The van der Waals surface area contributed by atoms with Gasteiger partial charge in [-0.2, -0.15) is 35.5 Å². The second-order valence-electron chi connectivity index (χ2n) is 6.93. The monoisotopic (exact) mass is 700 g/mol. The first-order valence-electron chi connectivity index (χ1n) is 9.10. The summed E-state index contributed by atoms with van der Waals surface area (Å²) in [5.74, 6) is -4.19. The van der Waals surface area contributed by atoms with E-state index in [9.17, 15) is 45.1 Å². The van der Waals surface area contributed by atoms with Gasteiger partial charge in [0.15, 0.2) is 6.20 Å². The normalized spacial score (nSPS) is 14.3. The molecule has 3 rings (SSSR count). The van der Waals surface area contributed by atoms with Gasteiger partial charge >= 0.3 is 16.7 Å². The van der Waals surface area contributed by atoms with Crippen LogP contribution in [0.2, 0.25) is 0 Å². The van der Waals surface area contributed by atoms with Crippen LogP contribution >= 0.6 is 50.3 Å². The first-order chi connectivity index (χ1) is 16.1. The zero-order valence-electron chi connectivity index (χ0n) is 16.6. The molecule has 35 heavy (non-hydrogen) atoms. The van der Waals surface area contributed by atoms with Gasteiger partial charge in [-0.3, -0.25) is 4.79 Å². The third-order valence-corrected chi connectivity index (χ3v) is 6.87. The van der Waals surface area contributed by atoms with Gasteiger partial charge in [0.25, 0.3) is 11.7 Å². The summed E-state index contributed by atoms with van der Waals surface area (Å²) in [5.41, 5.74) is -7.37. The molecule has 0 fully saturated rings. The fourth-order valence-electron chi connectivity index (χ4n) is 3.09. The number of nitrogens with one attached hydrogen (secondary N) is 1. The molecule has 1 heterocycles. The van der Waals surface area contributed by atoms with E-state index >= 15 is 0 Å². The third-order valence-electron chi connectivity index (χ3n) is 4.71. The van der Waals surface area contributed by atoms with Gasteiger partial charge in [0.2, 0.25) is 5.52 Å². The minimum atomic E-state index is -6.13. The van der Waals surface area contributed by atoms with Gasteiger partial charge in [0.05, 0.1) is 5.69 Å². The average molecular weight is 701 g/mol. The number of benzene rings is 2. The highest BCUT2D eigenvalue weighted by atomic mass is 127. The Labute approximate surface area is 217 Å². The molecule has 0 aliphatic rings. The lowest BCUT2D eigenvalue weighted by Crippen LogP contribution is -2.49. The van der Waals surface area contributed by atoms with E-state index in [4.69, 9.17) is 0 Å². The van der Waals surface area contributed by atoms with Gasteiger partial charge in [0, 0.05) is 37.1 Å². The van der Waals surface area contributed by atoms with E-state index in [2.05, 4.69) is 5.32 Å². The van der Waals surface area contributed by atoms with Gasteiger partial charge in [-0.1, -0.05) is 11.8 Å². The molecule has 15 heteroatoms. The molecule has 1 amide bonds. The van der Waals surface area contributed by atoms with Crippen LogP contribution < -0.4 is 10.0 Å². The Balaban J connectivity index is 2.10. The fourth-order valence-corrected chi connectivity index (χ4v) is 5.15. The number of hydrogen-bond donors (Lipinski definition) is 1. The summed E-state index contributed by atoms with van der Waals surface area (Å²) in [6, 6.07) is 7.55. The standard InChI is InChI=1S/C20H10BrF8IN2O2S/c21-19(25,26)18(24,20(27,28)29)11-7-12(30)15(14(8-11)35-17(22)23)31-16(33)10-4-3-9-2-1-5-32(34)13(9)6-10/h1-8,17H,(H,31,33). The maximum Gasteiger partial charge on any atom is 0.433 e. The number of amides is 1. The van der Waals surface area contributed by atoms with E-state index in [-0.39, 0.29) is 28.9 Å². The van der Waals surface area contributed by atoms with Crippen molar-refractivity contribution in [1.29, 1.82) is 0 Å². The molecule has 0 aliphatic heterocycles. The fraction of sp³-hybridized carbons (Fsp3) is 0.200. The van der Waals surface area contributed by atoms with E-state index in [1.54, 1.807) is 6.07 Å². The molecule has 1 N–H and O–H groups in total. The van der Waals surface area contributed by atoms with Gasteiger partial charge < -0.3 is 10.5 Å². The number of alkyl halides is 9. The lowest BCUT2D eigenvalue weighted by Gasteiger charge is -2.32. The van der Waals surface area contributed by atoms with Crippen LogP contribution in [0.5, 0.6) is 0 Å². The Morgan fingerprint density at radius 3 is 2.31 bits per heavy atom. The van der Waals surface area contributed by atoms with Crippen LogP contribution in [-0.4, -0.2) is 22.7 Å². The predicted molar refractivity (Wildman–Crippen MR) is 125 cm³/mol. The molecule has 0 aliphatic carbocycles. The highest BCUT2D eigenvalue weighted by molar-refractivity contribution is 14.1. The largest absolute Gasteiger partial charge is 0.618 e. The molecule has 0 radical (unpaired) electrons. The van der Waals surface area contributed by atoms with Crippen LogP contribution in [0.25, 0.3) is 10.9 Å². The van der Waals surface area contributed by atoms with Crippen molar-refractivity contribution >= 4 is 72.8 Å². The topological polar surface area (TPSA) is 56.0 Å². The number of carbonyl (C=O) groups is 1. The third kappa shape index (κ3) is 5.45. The molecule has 1 atom stereocenters. The lowest BCUT2D eigenvalue weighted by molar-refractivity contribution is -0.577. The van der Waals surface area contributed by atoms with E-state index in [0.717, 1.165) is 0 Å². The van der Waals surface area contributed by atoms with Gasteiger partial charge in [-0.05, 0) is 68.9 Å². The molecule has 0 saturated carbocycles. The number of anilines is 1. The Morgan fingerprint density at radius 2 is 1.74 bits per heavy atom. The average Bonchev–Trinajstić information content (AvgIpc) is 2.73. The van der Waals surface area contributed by atoms with Crippen molar-refractivity contribution in [1.82, 2.24) is 0 Å². The summed E-state index contributed by atoms with van der Waals surface area (Å²) < 4.78 is 109. The smallest absolute Gasteiger partial charge is 0.433 e. The number of aromatic nitrogens is 1. The first-order valence-corrected chi connectivity index (χ1v) is 11.9. The maximum atomic E-state index is 14.8. The Morgan fingerprint density at radius 1 is 1.09 bits per heavy atom. The first kappa shape index (κ1) is 27.7. The van der Waals surface area contributed by atoms with Crippen molar-refractivity contribution in [2.45, 2.75) is 27.3 Å². The van der Waals surface area contributed by atoms with Gasteiger partial charge in [0.1, 0.15) is 0 Å². The van der Waals surface area contributed by atoms with Crippen LogP contribution in [0.4, 0.5) is 40.8 Å². The zero-order valence-corrected chi connectivity index (χ0v) is 21.2. The number of thioether (sulfide) groups is 1. The van der Waals surface area contributed by atoms with E-state index in [0.29, 0.717) is 16.2 Å². The minimum Gasteiger partial charge on any atom is -0.618 e. The van der Waals surface area contributed by atoms with E-state index in [1.165, 1.54) is 69.0 Å². The molecule has 2 aromatic carbocycles. The van der Waals surface area contributed by atoms with Gasteiger partial charge in [-0.25, -0.2) is 4.39 Å². The van der Waals surface area contributed by atoms with Crippen molar-refractivity contribution < 1.29 is 44.6 Å². The summed E-state index contributed by atoms with van der Waals surface area (Å²) in [4.78, 5) is 6.83. The van der Waals surface area contributed by atoms with Crippen molar-refractivity contribution in [3.8, 4) is 0 Å². The summed E-state index contributed by atoms with van der Waals surface area (Å²) in [6.07, 6.45) is -4.95. The minimum absolute atomic E-state index is 0.0966. The number of fused-ring (bicyclic) bond motifs is 1. The van der Waals surface area contributed by atoms with E-state index in [1.807, 2.05) is 0 Å². The van der Waals surface area contributed by atoms with Crippen molar-refractivity contribution in [3.05, 3.63) is 68.6 Å². The highest BCUT2D eigenvalue weighted by Gasteiger charge is 2.71. The number of halogens is 10. The van der Waals surface area contributed by atoms with Gasteiger partial charge in [-0.15, -0.1) is 0 Å². The number of rotatable bonds is 6. The highest BCUT2D eigenvalue weighted by Crippen LogP contribution is 2.56. The van der Waals surface area contributed by atoms with Crippen LogP contribution in [0.3, 0.4) is 0 Å². The molecule has 1 aromatic heterocycles. The van der Waals surface area contributed by atoms with Crippen LogP contribution in [0, 0.1) is 8.78 Å². The van der Waals surface area contributed by atoms with Crippen molar-refractivity contribution in [2.75, 3.05) is 5.32 Å². The molecule has 3 aromatic rings. The SMILES string of the molecule is O=C(Nc1c(I)cc(C(F)(C(F)(F)F)C(F)(F)Br)cc1SC(F)F)c1ccc2ccc[n+]([O-])c2c1. The second-order valence-corrected chi connectivity index (χ2v) is 10.1. The number of nitrogens with zero attached hydrogens (tertiary/aromatic N) is 1. The van der Waals surface area contributed by atoms with Crippen molar-refractivity contribution in [3.63, 3.8) is 0 Å². The number of carbonyl (C=O) groups excluding carboxylic acids is 1. The molecule has 0 saturated heterocycles. The molecule has 188 valence electrons. The summed E-state index contributed by atoms with van der Waals surface area (Å²) in [5, 5.41) is 14.6. The Hall–Kier alpha value is -1.88. The zero-order chi connectivity index (χ0) is 26.3. The molecule has 1 unspecified atom stereocenters. The lowest BCUT2D eigenvalue weighted by atomic mass is 9.95. The molecule has 4 nitrogen and oxygen atoms in total. The summed E-state index contributed by atoms with van der Waals surface area (Å²) in [6.45, 7) is 0. The van der Waals surface area contributed by atoms with Crippen LogP contribution in [-0.2, 0) is 5.67 Å². The number of hydrogen-bond acceptors (Lipinski definition) is 3. The predicted octanol–water partition coefficient (Wildman–Crippen LogP) is 7.36. The summed E-state index contributed by atoms with van der Waals surface area (Å²) >= 11 is 2.34. The maximum absolute atomic E-state index is 14.8. The Kier molecular flexibility index (Phi) is 7.82.